The minimum atomic E-state index is -0.805. The number of nitrogens with one attached hydrogen (secondary N) is 1. The summed E-state index contributed by atoms with van der Waals surface area (Å²) in [6.07, 6.45) is 8.03. The largest absolute Gasteiger partial charge is 0.481 e. The van der Waals surface area contributed by atoms with Crippen LogP contribution in [0.15, 0.2) is 12.2 Å². The highest BCUT2D eigenvalue weighted by Crippen LogP contribution is 2.26. The number of aliphatic carboxylic acids is 1. The molecule has 4 nitrogen and oxygen atoms in total. The third-order valence-electron chi connectivity index (χ3n) is 3.30. The minimum Gasteiger partial charge on any atom is -0.481 e. The Labute approximate surface area is 136 Å². The van der Waals surface area contributed by atoms with Gasteiger partial charge < -0.3 is 15.2 Å². The second kappa shape index (κ2) is 16.2. The monoisotopic (exact) mass is 313 g/mol. The van der Waals surface area contributed by atoms with Crippen molar-refractivity contribution in [2.24, 2.45) is 11.8 Å². The van der Waals surface area contributed by atoms with Gasteiger partial charge in [-0.15, -0.1) is 0 Å². The van der Waals surface area contributed by atoms with Crippen LogP contribution in [0, 0.1) is 11.8 Å². The van der Waals surface area contributed by atoms with Crippen LogP contribution < -0.4 is 5.32 Å². The fourth-order valence-electron chi connectivity index (χ4n) is 2.21. The number of carbonyl (C=O) groups excluding carboxylic acids is 1. The summed E-state index contributed by atoms with van der Waals surface area (Å²) in [7, 11) is 1.83. The van der Waals surface area contributed by atoms with Crippen molar-refractivity contribution >= 4 is 12.3 Å². The van der Waals surface area contributed by atoms with E-state index in [4.69, 9.17) is 5.11 Å². The lowest BCUT2D eigenvalue weighted by molar-refractivity contribution is -0.136. The smallest absolute Gasteiger partial charge is 0.307 e. The van der Waals surface area contributed by atoms with Crippen molar-refractivity contribution in [2.75, 3.05) is 13.6 Å². The predicted octanol–water partition coefficient (Wildman–Crippen LogP) is 4.05. The van der Waals surface area contributed by atoms with E-state index in [-0.39, 0.29) is 6.42 Å². The number of hydrogen-bond acceptors (Lipinski definition) is 3. The fourth-order valence-corrected chi connectivity index (χ4v) is 2.21. The van der Waals surface area contributed by atoms with Gasteiger partial charge in [-0.2, -0.15) is 0 Å². The molecule has 1 aliphatic rings. The molecule has 0 aromatic heterocycles. The molecule has 2 atom stereocenters. The Kier molecular flexibility index (Phi) is 17.0. The van der Waals surface area contributed by atoms with Crippen molar-refractivity contribution in [2.45, 2.75) is 65.7 Å². The zero-order valence-electron chi connectivity index (χ0n) is 14.9. The van der Waals surface area contributed by atoms with Crippen LogP contribution in [-0.4, -0.2) is 31.0 Å². The molecule has 0 aromatic carbocycles. The highest BCUT2D eigenvalue weighted by molar-refractivity contribution is 5.69. The van der Waals surface area contributed by atoms with Gasteiger partial charge in [-0.05, 0) is 38.8 Å². The summed E-state index contributed by atoms with van der Waals surface area (Å²) in [5.74, 6) is 0.365. The molecule has 1 fully saturated rings. The number of rotatable bonds is 6. The summed E-state index contributed by atoms with van der Waals surface area (Å²) in [6.45, 7) is 10.9. The Bertz CT molecular complexity index is 303. The maximum absolute atomic E-state index is 10.3. The van der Waals surface area contributed by atoms with Gasteiger partial charge in [-0.1, -0.05) is 52.2 Å². The standard InChI is InChI=1S/C8H14O.C7H13NO2.C3H8/c1-7-3-2-4-8(5-7)6-9;1-6(3-4-8-2)5-7(9)10;1-3-2/h6-8H,2-5H2,1H3;8H,1,3-5H2,2H3,(H,9,10);3H2,1-2H3. The molecule has 0 aromatic rings. The van der Waals surface area contributed by atoms with Gasteiger partial charge in [0.2, 0.25) is 0 Å². The molecule has 2 unspecified atom stereocenters. The van der Waals surface area contributed by atoms with Crippen LogP contribution in [0.2, 0.25) is 0 Å². The molecule has 1 aliphatic carbocycles. The van der Waals surface area contributed by atoms with Gasteiger partial charge in [0, 0.05) is 5.92 Å². The van der Waals surface area contributed by atoms with Crippen LogP contribution in [0.3, 0.4) is 0 Å². The number of aldehydes is 1. The molecule has 0 bridgehead atoms. The van der Waals surface area contributed by atoms with Gasteiger partial charge in [0.15, 0.2) is 0 Å². The number of carbonyl (C=O) groups is 2. The van der Waals surface area contributed by atoms with E-state index >= 15 is 0 Å². The van der Waals surface area contributed by atoms with Crippen molar-refractivity contribution in [1.82, 2.24) is 5.32 Å². The zero-order valence-corrected chi connectivity index (χ0v) is 14.9. The van der Waals surface area contributed by atoms with Gasteiger partial charge in [0.05, 0.1) is 6.42 Å². The van der Waals surface area contributed by atoms with E-state index in [0.717, 1.165) is 43.6 Å². The van der Waals surface area contributed by atoms with E-state index in [1.165, 1.54) is 19.3 Å². The van der Waals surface area contributed by atoms with Crippen molar-refractivity contribution < 1.29 is 14.7 Å². The summed E-state index contributed by atoms with van der Waals surface area (Å²) in [5.41, 5.74) is 0.766. The summed E-state index contributed by atoms with van der Waals surface area (Å²) in [4.78, 5) is 20.4. The van der Waals surface area contributed by atoms with Crippen LogP contribution in [0.5, 0.6) is 0 Å². The van der Waals surface area contributed by atoms with E-state index in [9.17, 15) is 9.59 Å². The van der Waals surface area contributed by atoms with Crippen LogP contribution in [0.4, 0.5) is 0 Å². The van der Waals surface area contributed by atoms with Gasteiger partial charge in [-0.25, -0.2) is 0 Å². The van der Waals surface area contributed by atoms with Crippen molar-refractivity contribution in [3.8, 4) is 0 Å². The minimum absolute atomic E-state index is 0.0850. The lowest BCUT2D eigenvalue weighted by atomic mass is 9.83. The third-order valence-corrected chi connectivity index (χ3v) is 3.30. The highest BCUT2D eigenvalue weighted by atomic mass is 16.4. The Hall–Kier alpha value is -1.16. The van der Waals surface area contributed by atoms with Gasteiger partial charge in [0.1, 0.15) is 6.29 Å². The Morgan fingerprint density at radius 2 is 1.95 bits per heavy atom. The van der Waals surface area contributed by atoms with E-state index < -0.39 is 5.97 Å². The SMILES string of the molecule is C=C(CCNC)CC(=O)O.CC1CCCC(C=O)C1.CCC. The lowest BCUT2D eigenvalue weighted by Crippen LogP contribution is -2.13. The predicted molar refractivity (Wildman–Crippen MR) is 93.1 cm³/mol. The van der Waals surface area contributed by atoms with Crippen LogP contribution >= 0.6 is 0 Å². The number of carboxylic acid groups (broad SMARTS) is 1. The Morgan fingerprint density at radius 3 is 2.32 bits per heavy atom. The quantitative estimate of drug-likeness (QED) is 0.573. The third kappa shape index (κ3) is 16.9. The van der Waals surface area contributed by atoms with Gasteiger partial charge >= 0.3 is 5.97 Å². The molecule has 1 saturated carbocycles. The topological polar surface area (TPSA) is 66.4 Å². The van der Waals surface area contributed by atoms with Crippen molar-refractivity contribution in [3.63, 3.8) is 0 Å². The Balaban J connectivity index is 0. The van der Waals surface area contributed by atoms with Gasteiger partial charge in [0.25, 0.3) is 0 Å². The second-order valence-corrected chi connectivity index (χ2v) is 6.05. The summed E-state index contributed by atoms with van der Waals surface area (Å²) >= 11 is 0. The molecule has 0 aliphatic heterocycles. The normalized spacial score (nSPS) is 19.8. The van der Waals surface area contributed by atoms with Crippen molar-refractivity contribution in [3.05, 3.63) is 12.2 Å². The highest BCUT2D eigenvalue weighted by Gasteiger charge is 2.17. The molecule has 0 spiro atoms. The van der Waals surface area contributed by atoms with Crippen molar-refractivity contribution in [1.29, 1.82) is 0 Å². The average Bonchev–Trinajstić information content (AvgIpc) is 2.46. The molecule has 2 N–H and O–H groups in total. The molecule has 0 saturated heterocycles. The Morgan fingerprint density at radius 1 is 1.36 bits per heavy atom. The first-order chi connectivity index (χ1) is 10.4. The molecule has 0 heterocycles. The molecule has 0 radical (unpaired) electrons. The molecule has 4 heteroatoms. The molecular weight excluding hydrogens is 278 g/mol. The number of hydrogen-bond donors (Lipinski definition) is 2. The fraction of sp³-hybridized carbons (Fsp3) is 0.778. The maximum atomic E-state index is 10.3. The van der Waals surface area contributed by atoms with E-state index in [0.29, 0.717) is 5.92 Å². The van der Waals surface area contributed by atoms with E-state index in [2.05, 4.69) is 32.7 Å². The molecule has 0 amide bonds. The zero-order chi connectivity index (χ0) is 17.4. The molecule has 130 valence electrons. The molecular formula is C18H35NO3. The second-order valence-electron chi connectivity index (χ2n) is 6.05. The summed E-state index contributed by atoms with van der Waals surface area (Å²) in [5, 5.41) is 11.2. The molecule has 22 heavy (non-hydrogen) atoms. The maximum Gasteiger partial charge on any atom is 0.307 e. The first-order valence-electron chi connectivity index (χ1n) is 8.39. The van der Waals surface area contributed by atoms with E-state index in [1.54, 1.807) is 0 Å². The van der Waals surface area contributed by atoms with Crippen LogP contribution in [0.25, 0.3) is 0 Å². The van der Waals surface area contributed by atoms with Crippen LogP contribution in [0.1, 0.15) is 65.7 Å². The van der Waals surface area contributed by atoms with Gasteiger partial charge in [-0.3, -0.25) is 4.79 Å². The number of carboxylic acids is 1. The first-order valence-corrected chi connectivity index (χ1v) is 8.39. The lowest BCUT2D eigenvalue weighted by Gasteiger charge is -2.21. The molecule has 1 rings (SSSR count). The first kappa shape index (κ1) is 23.1. The summed E-state index contributed by atoms with van der Waals surface area (Å²) < 4.78 is 0. The average molecular weight is 313 g/mol. The van der Waals surface area contributed by atoms with E-state index in [1.807, 2.05) is 7.05 Å². The summed E-state index contributed by atoms with van der Waals surface area (Å²) in [6, 6.07) is 0. The van der Waals surface area contributed by atoms with Crippen LogP contribution in [-0.2, 0) is 9.59 Å².